The lowest BCUT2D eigenvalue weighted by molar-refractivity contribution is 0.0888. The smallest absolute Gasteiger partial charge is 0.180 e. The van der Waals surface area contributed by atoms with E-state index in [4.69, 9.17) is 0 Å². The van der Waals surface area contributed by atoms with Gasteiger partial charge in [0.05, 0.1) is 5.69 Å². The summed E-state index contributed by atoms with van der Waals surface area (Å²) < 4.78 is 0. The van der Waals surface area contributed by atoms with E-state index >= 15 is 0 Å². The highest BCUT2D eigenvalue weighted by molar-refractivity contribution is 6.29. The van der Waals surface area contributed by atoms with Gasteiger partial charge >= 0.3 is 0 Å². The van der Waals surface area contributed by atoms with E-state index in [1.165, 1.54) is 6.33 Å². The summed E-state index contributed by atoms with van der Waals surface area (Å²) in [6.45, 7) is 1.81. The molecule has 0 spiro atoms. The van der Waals surface area contributed by atoms with E-state index in [1.807, 2.05) is 6.92 Å². The zero-order chi connectivity index (χ0) is 12.7. The Balaban J connectivity index is 2.12. The molecule has 2 aromatic rings. The molecule has 0 amide bonds. The van der Waals surface area contributed by atoms with Crippen molar-refractivity contribution in [3.05, 3.63) is 59.2 Å². The molecule has 0 aliphatic heterocycles. The molecule has 0 saturated carbocycles. The van der Waals surface area contributed by atoms with Crippen molar-refractivity contribution in [1.29, 1.82) is 0 Å². The molecule has 0 unspecified atom stereocenters. The average Bonchev–Trinajstić information content (AvgIpc) is 2.63. The molecule has 1 aromatic heterocycles. The van der Waals surface area contributed by atoms with Crippen molar-refractivity contribution >= 4 is 11.6 Å². The molecule has 1 aliphatic carbocycles. The highest BCUT2D eigenvalue weighted by Gasteiger charge is 2.40. The zero-order valence-electron chi connectivity index (χ0n) is 9.75. The molecule has 4 nitrogen and oxygen atoms in total. The molecule has 18 heavy (non-hydrogen) atoms. The quantitative estimate of drug-likeness (QED) is 0.712. The molecule has 0 radical (unpaired) electrons. The van der Waals surface area contributed by atoms with Crippen LogP contribution in [-0.2, 0) is 0 Å². The Bertz CT molecular complexity index is 629. The van der Waals surface area contributed by atoms with Crippen LogP contribution < -0.4 is 0 Å². The maximum absolute atomic E-state index is 12.2. The van der Waals surface area contributed by atoms with Crippen molar-refractivity contribution in [3.63, 3.8) is 0 Å². The lowest BCUT2D eigenvalue weighted by atomic mass is 9.99. The van der Waals surface area contributed by atoms with Gasteiger partial charge in [-0.15, -0.1) is 0 Å². The van der Waals surface area contributed by atoms with Gasteiger partial charge in [-0.3, -0.25) is 9.59 Å². The SMILES string of the molecule is Cc1cc(C2C(=O)c3ccccc3C2=O)ncn1. The van der Waals surface area contributed by atoms with E-state index in [2.05, 4.69) is 9.97 Å². The predicted molar refractivity (Wildman–Crippen MR) is 64.6 cm³/mol. The van der Waals surface area contributed by atoms with E-state index in [0.29, 0.717) is 16.8 Å². The third-order valence-electron chi connectivity index (χ3n) is 3.10. The fourth-order valence-corrected chi connectivity index (χ4v) is 2.24. The number of fused-ring (bicyclic) bond motifs is 1. The Morgan fingerprint density at radius 1 is 1.00 bits per heavy atom. The van der Waals surface area contributed by atoms with Crippen molar-refractivity contribution in [2.45, 2.75) is 12.8 Å². The number of aromatic nitrogens is 2. The molecule has 88 valence electrons. The average molecular weight is 238 g/mol. The maximum atomic E-state index is 12.2. The van der Waals surface area contributed by atoms with Crippen LogP contribution in [0.3, 0.4) is 0 Å². The minimum absolute atomic E-state index is 0.172. The topological polar surface area (TPSA) is 59.9 Å². The van der Waals surface area contributed by atoms with Crippen LogP contribution in [0.2, 0.25) is 0 Å². The second kappa shape index (κ2) is 3.84. The molecule has 1 aromatic carbocycles. The Kier molecular flexibility index (Phi) is 2.30. The summed E-state index contributed by atoms with van der Waals surface area (Å²) in [4.78, 5) is 32.5. The van der Waals surface area contributed by atoms with Gasteiger partial charge in [0.25, 0.3) is 0 Å². The Labute approximate surface area is 104 Å². The van der Waals surface area contributed by atoms with Gasteiger partial charge in [0.2, 0.25) is 0 Å². The summed E-state index contributed by atoms with van der Waals surface area (Å²) in [5.41, 5.74) is 2.21. The monoisotopic (exact) mass is 238 g/mol. The van der Waals surface area contributed by atoms with Gasteiger partial charge in [0.15, 0.2) is 11.6 Å². The number of aryl methyl sites for hydroxylation is 1. The molecule has 0 fully saturated rings. The third-order valence-corrected chi connectivity index (χ3v) is 3.10. The molecule has 4 heteroatoms. The van der Waals surface area contributed by atoms with Gasteiger partial charge < -0.3 is 0 Å². The summed E-state index contributed by atoms with van der Waals surface area (Å²) >= 11 is 0. The number of hydrogen-bond acceptors (Lipinski definition) is 4. The van der Waals surface area contributed by atoms with Crippen LogP contribution in [0, 0.1) is 6.92 Å². The molecule has 0 N–H and O–H groups in total. The number of benzene rings is 1. The van der Waals surface area contributed by atoms with Crippen molar-refractivity contribution in [1.82, 2.24) is 9.97 Å². The van der Waals surface area contributed by atoms with Gasteiger partial charge in [-0.1, -0.05) is 24.3 Å². The van der Waals surface area contributed by atoms with Crippen LogP contribution in [0.25, 0.3) is 0 Å². The third kappa shape index (κ3) is 1.46. The van der Waals surface area contributed by atoms with Crippen LogP contribution in [0.5, 0.6) is 0 Å². The predicted octanol–water partition coefficient (Wildman–Crippen LogP) is 1.95. The first-order valence-corrected chi connectivity index (χ1v) is 5.64. The molecule has 1 aliphatic rings. The van der Waals surface area contributed by atoms with Crippen molar-refractivity contribution in [2.24, 2.45) is 0 Å². The summed E-state index contributed by atoms with van der Waals surface area (Å²) in [6, 6.07) is 8.58. The Hall–Kier alpha value is -2.36. The highest BCUT2D eigenvalue weighted by atomic mass is 16.2. The van der Waals surface area contributed by atoms with Crippen LogP contribution >= 0.6 is 0 Å². The molecular weight excluding hydrogens is 228 g/mol. The molecule has 3 rings (SSSR count). The van der Waals surface area contributed by atoms with E-state index in [-0.39, 0.29) is 11.6 Å². The number of carbonyl (C=O) groups is 2. The van der Waals surface area contributed by atoms with E-state index in [0.717, 1.165) is 5.69 Å². The number of carbonyl (C=O) groups excluding carboxylic acids is 2. The van der Waals surface area contributed by atoms with Gasteiger partial charge in [0, 0.05) is 16.8 Å². The van der Waals surface area contributed by atoms with Gasteiger partial charge in [-0.2, -0.15) is 0 Å². The number of rotatable bonds is 1. The fraction of sp³-hybridized carbons (Fsp3) is 0.143. The van der Waals surface area contributed by atoms with Crippen LogP contribution in [0.4, 0.5) is 0 Å². The normalized spacial score (nSPS) is 14.9. The highest BCUT2D eigenvalue weighted by Crippen LogP contribution is 2.32. The summed E-state index contributed by atoms with van der Waals surface area (Å²) in [7, 11) is 0. The molecule has 0 atom stereocenters. The summed E-state index contributed by atoms with van der Waals surface area (Å²) in [5, 5.41) is 0. The number of ketones is 2. The number of hydrogen-bond donors (Lipinski definition) is 0. The van der Waals surface area contributed by atoms with Crippen LogP contribution in [-0.4, -0.2) is 21.5 Å². The van der Waals surface area contributed by atoms with Gasteiger partial charge in [-0.05, 0) is 13.0 Å². The Morgan fingerprint density at radius 2 is 1.61 bits per heavy atom. The first kappa shape index (κ1) is 10.8. The lowest BCUT2D eigenvalue weighted by Gasteiger charge is -2.05. The minimum atomic E-state index is -0.802. The van der Waals surface area contributed by atoms with Crippen molar-refractivity contribution in [2.75, 3.05) is 0 Å². The molecular formula is C14H10N2O2. The Morgan fingerprint density at radius 3 is 2.17 bits per heavy atom. The molecule has 0 bridgehead atoms. The number of Topliss-reactive ketones (excluding diaryl/α,β-unsaturated/α-hetero) is 2. The maximum Gasteiger partial charge on any atom is 0.180 e. The second-order valence-electron chi connectivity index (χ2n) is 4.29. The largest absolute Gasteiger partial charge is 0.293 e. The van der Waals surface area contributed by atoms with Crippen molar-refractivity contribution in [3.8, 4) is 0 Å². The fourth-order valence-electron chi connectivity index (χ4n) is 2.24. The van der Waals surface area contributed by atoms with Crippen LogP contribution in [0.1, 0.15) is 38.0 Å². The van der Waals surface area contributed by atoms with Crippen LogP contribution in [0.15, 0.2) is 36.7 Å². The van der Waals surface area contributed by atoms with E-state index < -0.39 is 5.92 Å². The summed E-state index contributed by atoms with van der Waals surface area (Å²) in [6.07, 6.45) is 1.38. The molecule has 0 saturated heterocycles. The van der Waals surface area contributed by atoms with Gasteiger partial charge in [0.1, 0.15) is 12.2 Å². The first-order valence-electron chi connectivity index (χ1n) is 5.64. The van der Waals surface area contributed by atoms with Gasteiger partial charge in [-0.25, -0.2) is 9.97 Å². The van der Waals surface area contributed by atoms with E-state index in [1.54, 1.807) is 30.3 Å². The zero-order valence-corrected chi connectivity index (χ0v) is 9.75. The first-order chi connectivity index (χ1) is 8.68. The van der Waals surface area contributed by atoms with E-state index in [9.17, 15) is 9.59 Å². The molecule has 1 heterocycles. The minimum Gasteiger partial charge on any atom is -0.293 e. The number of nitrogens with zero attached hydrogens (tertiary/aromatic N) is 2. The standard InChI is InChI=1S/C14H10N2O2/c1-8-6-11(16-7-15-8)12-13(17)9-4-2-3-5-10(9)14(12)18/h2-7,12H,1H3. The van der Waals surface area contributed by atoms with Crippen molar-refractivity contribution < 1.29 is 9.59 Å². The summed E-state index contributed by atoms with van der Waals surface area (Å²) in [5.74, 6) is -1.15. The lowest BCUT2D eigenvalue weighted by Crippen LogP contribution is -2.14. The second-order valence-corrected chi connectivity index (χ2v) is 4.29.